The van der Waals surface area contributed by atoms with E-state index in [9.17, 15) is 0 Å². The molecule has 5 heavy (non-hydrogen) atoms. The molecule has 0 rings (SSSR count). The van der Waals surface area contributed by atoms with E-state index in [0.717, 1.165) is 0 Å². The third-order valence-corrected chi connectivity index (χ3v) is 0. The molecular weight excluding hydrogens is 108 g/mol. The number of halogens is 1. The molecule has 0 N–H and O–H groups in total. The molecule has 0 aromatic carbocycles. The Hall–Kier alpha value is 2.50. The molecule has 0 bridgehead atoms. The van der Waals surface area contributed by atoms with E-state index in [1.54, 1.807) is 0 Å². The molecule has 0 aromatic heterocycles. The summed E-state index contributed by atoms with van der Waals surface area (Å²) < 4.78 is 8.17. The topological polar surface area (TPSA) is 17.1 Å². The molecule has 1 nitrogen and oxygen atoms in total. The van der Waals surface area contributed by atoms with Crippen molar-refractivity contribution in [2.75, 3.05) is 0 Å². The molecule has 0 saturated heterocycles. The maximum atomic E-state index is 8.17. The average molecular weight is 111 g/mol. The van der Waals surface area contributed by atoms with Crippen molar-refractivity contribution in [3.8, 4) is 0 Å². The van der Waals surface area contributed by atoms with E-state index < -0.39 is 0 Å². The van der Waals surface area contributed by atoms with Crippen LogP contribution in [0.3, 0.4) is 0 Å². The number of hydrogen-bond donors (Lipinski definition) is 0. The van der Waals surface area contributed by atoms with Gasteiger partial charge >= 0.3 is 90.3 Å². The van der Waals surface area contributed by atoms with Gasteiger partial charge in [0.25, 0.3) is 0 Å². The summed E-state index contributed by atoms with van der Waals surface area (Å²) in [6.07, 6.45) is 0. The van der Waals surface area contributed by atoms with E-state index in [4.69, 9.17) is 3.80 Å². The zero-order valence-electron chi connectivity index (χ0n) is 5.39. The molecule has 0 saturated carbocycles. The van der Waals surface area contributed by atoms with Crippen molar-refractivity contribution in [3.05, 3.63) is 0 Å². The summed E-state index contributed by atoms with van der Waals surface area (Å²) >= 11 is 1.17. The van der Waals surface area contributed by atoms with Crippen LogP contribution in [-0.2, 0) is 3.80 Å². The van der Waals surface area contributed by atoms with Crippen LogP contribution in [0.2, 0.25) is 0 Å². The molecule has 1 radical (unpaired) electrons. The second-order valence-corrected chi connectivity index (χ2v) is 0. The van der Waals surface area contributed by atoms with Crippen LogP contribution >= 0.6 is 0 Å². The third-order valence-electron chi connectivity index (χ3n) is 0. The number of rotatable bonds is 0. The molecule has 0 unspecified atom stereocenters. The maximum absolute atomic E-state index is 8.17. The molecule has 0 heterocycles. The molecule has 0 amide bonds. The van der Waals surface area contributed by atoms with Gasteiger partial charge in [0.1, 0.15) is 0 Å². The van der Waals surface area contributed by atoms with Gasteiger partial charge in [0, 0.05) is 0 Å². The Morgan fingerprint density at radius 1 is 1.40 bits per heavy atom. The molecule has 0 atom stereocenters. The van der Waals surface area contributed by atoms with Crippen molar-refractivity contribution in [2.45, 2.75) is 0 Å². The first kappa shape index (κ1) is 25.9. The predicted octanol–water partition coefficient (Wildman–Crippen LogP) is -6.11. The third kappa shape index (κ3) is 21.1. The van der Waals surface area contributed by atoms with Crippen molar-refractivity contribution < 1.29 is 81.6 Å². The Balaban J connectivity index is -0.000000000500. The second-order valence-electron chi connectivity index (χ2n) is 0. The van der Waals surface area contributed by atoms with Crippen molar-refractivity contribution in [3.63, 3.8) is 0 Å². The fraction of sp³-hybridized carbons (Fsp3) is 0. The van der Waals surface area contributed by atoms with E-state index in [0.29, 0.717) is 0 Å². The van der Waals surface area contributed by atoms with Crippen LogP contribution in [0.4, 0.5) is 4.70 Å². The first-order chi connectivity index (χ1) is 1.00. The predicted molar refractivity (Wildman–Crippen MR) is 11.2 cm³/mol. The summed E-state index contributed by atoms with van der Waals surface area (Å²) in [5, 5.41) is 0. The van der Waals surface area contributed by atoms with Crippen LogP contribution in [0.15, 0.2) is 0 Å². The van der Waals surface area contributed by atoms with Crippen LogP contribution in [0.1, 0.15) is 2.85 Å². The van der Waals surface area contributed by atoms with Gasteiger partial charge in [-0.3, -0.25) is 4.70 Å². The monoisotopic (exact) mass is 111 g/mol. The molecule has 0 aliphatic heterocycles. The Morgan fingerprint density at radius 2 is 1.40 bits per heavy atom. The van der Waals surface area contributed by atoms with E-state index >= 15 is 0 Å². The molecule has 0 aliphatic rings. The first-order valence-electron chi connectivity index (χ1n) is 0.236. The normalized spacial score (nSPS) is 0.600. The Labute approximate surface area is 95.8 Å². The summed E-state index contributed by atoms with van der Waals surface area (Å²) in [6, 6.07) is 0. The van der Waals surface area contributed by atoms with E-state index in [1.807, 2.05) is 0 Å². The fourth-order valence-corrected chi connectivity index (χ4v) is 0. The summed E-state index contributed by atoms with van der Waals surface area (Å²) in [7, 11) is 0. The van der Waals surface area contributed by atoms with Gasteiger partial charge in [-0.2, -0.15) is 0 Å². The van der Waals surface area contributed by atoms with E-state index in [2.05, 4.69) is 0 Å². The van der Waals surface area contributed by atoms with Crippen LogP contribution in [-0.4, -0.2) is 16.2 Å². The zero-order valence-corrected chi connectivity index (χ0v) is 7.67. The van der Waals surface area contributed by atoms with Gasteiger partial charge in [0.2, 0.25) is 0 Å². The summed E-state index contributed by atoms with van der Waals surface area (Å²) in [4.78, 5) is 0. The Bertz CT molecular complexity index is 17.7. The molecule has 5 heteroatoms. The van der Waals surface area contributed by atoms with E-state index in [1.165, 1.54) is 16.2 Å². The van der Waals surface area contributed by atoms with Gasteiger partial charge in [-0.15, -0.1) is 0 Å². The quantitative estimate of drug-likeness (QED) is 0.284. The summed E-state index contributed by atoms with van der Waals surface area (Å²) in [6.45, 7) is 0. The fourth-order valence-electron chi connectivity index (χ4n) is 0. The number of hydrogen-bond acceptors (Lipinski definition) is 1. The minimum atomic E-state index is 0. The minimum absolute atomic E-state index is 0. The summed E-state index contributed by atoms with van der Waals surface area (Å²) in [5.74, 6) is 0. The SMILES string of the molecule is F.[H-].[H-].[K+].[Li+].[O]=[Al]. The van der Waals surface area contributed by atoms with Crippen LogP contribution in [0, 0.1) is 0 Å². The Morgan fingerprint density at radius 3 is 1.40 bits per heavy atom. The molecule has 0 aromatic rings. The van der Waals surface area contributed by atoms with Gasteiger partial charge in [-0.1, -0.05) is 0 Å². The van der Waals surface area contributed by atoms with Gasteiger partial charge in [-0.05, 0) is 0 Å². The van der Waals surface area contributed by atoms with Crippen LogP contribution in [0.25, 0.3) is 0 Å². The molecule has 0 spiro atoms. The van der Waals surface area contributed by atoms with Gasteiger partial charge in [-0.25, -0.2) is 0 Å². The van der Waals surface area contributed by atoms with Crippen LogP contribution in [0.5, 0.6) is 0 Å². The van der Waals surface area contributed by atoms with Crippen molar-refractivity contribution in [2.24, 2.45) is 0 Å². The first-order valence-corrected chi connectivity index (χ1v) is 0.707. The van der Waals surface area contributed by atoms with E-state index in [-0.39, 0.29) is 77.8 Å². The van der Waals surface area contributed by atoms with Crippen LogP contribution < -0.4 is 70.2 Å². The van der Waals surface area contributed by atoms with Gasteiger partial charge < -0.3 is 2.85 Å². The second kappa shape index (κ2) is 31.5. The summed E-state index contributed by atoms with van der Waals surface area (Å²) in [5.41, 5.74) is 0. The molecular formula is H3AlFKLiO. The average Bonchev–Trinajstić information content (AvgIpc) is 1.00. The van der Waals surface area contributed by atoms with Crippen molar-refractivity contribution in [1.29, 1.82) is 0 Å². The molecule has 21 valence electrons. The standard InChI is InChI=1S/Al.FH.K.Li.O.2H/h;1H;;;;;/q;;2*+1;;2*-1. The molecule has 0 aliphatic carbocycles. The van der Waals surface area contributed by atoms with Crippen molar-refractivity contribution >= 4 is 16.2 Å². The molecule has 0 fully saturated rings. The van der Waals surface area contributed by atoms with Gasteiger partial charge in [0.15, 0.2) is 0 Å². The Kier molecular flexibility index (Phi) is 163. The van der Waals surface area contributed by atoms with Gasteiger partial charge in [0.05, 0.1) is 0 Å². The zero-order chi connectivity index (χ0) is 2.00. The van der Waals surface area contributed by atoms with Crippen molar-refractivity contribution in [1.82, 2.24) is 0 Å².